The van der Waals surface area contributed by atoms with E-state index in [4.69, 9.17) is 4.74 Å². The summed E-state index contributed by atoms with van der Waals surface area (Å²) in [5.74, 6) is 0. The van der Waals surface area contributed by atoms with Gasteiger partial charge in [-0.15, -0.1) is 0 Å². The Morgan fingerprint density at radius 3 is 3.29 bits per heavy atom. The highest BCUT2D eigenvalue weighted by Crippen LogP contribution is 2.10. The van der Waals surface area contributed by atoms with E-state index in [1.165, 1.54) is 18.5 Å². The fourth-order valence-electron chi connectivity index (χ4n) is 2.17. The molecule has 0 saturated carbocycles. The van der Waals surface area contributed by atoms with E-state index in [1.807, 2.05) is 0 Å². The number of hydrogen-bond donors (Lipinski definition) is 1. The van der Waals surface area contributed by atoms with Crippen LogP contribution in [-0.2, 0) is 4.74 Å². The highest BCUT2D eigenvalue weighted by atomic mass is 16.5. The molecule has 2 aliphatic heterocycles. The van der Waals surface area contributed by atoms with Gasteiger partial charge in [0.25, 0.3) is 0 Å². The van der Waals surface area contributed by atoms with E-state index in [-0.39, 0.29) is 0 Å². The van der Waals surface area contributed by atoms with Crippen LogP contribution in [0.1, 0.15) is 13.3 Å². The zero-order valence-corrected chi connectivity index (χ0v) is 8.96. The van der Waals surface area contributed by atoms with Gasteiger partial charge in [-0.1, -0.05) is 11.6 Å². The SMILES string of the molecule is CC1=CCCN(CC2CNCCO2)C1. The predicted molar refractivity (Wildman–Crippen MR) is 57.4 cm³/mol. The van der Waals surface area contributed by atoms with Gasteiger partial charge in [0.2, 0.25) is 0 Å². The summed E-state index contributed by atoms with van der Waals surface area (Å²) in [6.07, 6.45) is 3.94. The predicted octanol–water partition coefficient (Wildman–Crippen LogP) is 0.627. The molecule has 2 rings (SSSR count). The summed E-state index contributed by atoms with van der Waals surface area (Å²) >= 11 is 0. The minimum absolute atomic E-state index is 0.398. The Morgan fingerprint density at radius 2 is 2.57 bits per heavy atom. The summed E-state index contributed by atoms with van der Waals surface area (Å²) in [7, 11) is 0. The van der Waals surface area contributed by atoms with Crippen molar-refractivity contribution in [1.29, 1.82) is 0 Å². The summed E-state index contributed by atoms with van der Waals surface area (Å²) in [5.41, 5.74) is 1.50. The van der Waals surface area contributed by atoms with Gasteiger partial charge < -0.3 is 10.1 Å². The third kappa shape index (κ3) is 2.80. The van der Waals surface area contributed by atoms with Crippen molar-refractivity contribution in [2.45, 2.75) is 19.4 Å². The van der Waals surface area contributed by atoms with Crippen LogP contribution in [0.15, 0.2) is 11.6 Å². The van der Waals surface area contributed by atoms with Crippen LogP contribution in [0.2, 0.25) is 0 Å². The third-order valence-corrected chi connectivity index (χ3v) is 2.88. The Bertz CT molecular complexity index is 209. The normalized spacial score (nSPS) is 30.1. The molecule has 1 N–H and O–H groups in total. The van der Waals surface area contributed by atoms with E-state index in [1.54, 1.807) is 0 Å². The average molecular weight is 196 g/mol. The number of nitrogens with zero attached hydrogens (tertiary/aromatic N) is 1. The van der Waals surface area contributed by atoms with Gasteiger partial charge in [-0.2, -0.15) is 0 Å². The Balaban J connectivity index is 1.76. The number of rotatable bonds is 2. The van der Waals surface area contributed by atoms with Crippen molar-refractivity contribution < 1.29 is 4.74 Å². The number of ether oxygens (including phenoxy) is 1. The zero-order valence-electron chi connectivity index (χ0n) is 8.96. The van der Waals surface area contributed by atoms with Gasteiger partial charge in [-0.25, -0.2) is 0 Å². The molecule has 0 bridgehead atoms. The molecule has 1 unspecified atom stereocenters. The van der Waals surface area contributed by atoms with Gasteiger partial charge in [-0.3, -0.25) is 4.90 Å². The zero-order chi connectivity index (χ0) is 9.80. The van der Waals surface area contributed by atoms with E-state index in [9.17, 15) is 0 Å². The maximum atomic E-state index is 5.69. The topological polar surface area (TPSA) is 24.5 Å². The molecule has 0 aromatic heterocycles. The first-order valence-corrected chi connectivity index (χ1v) is 5.55. The largest absolute Gasteiger partial charge is 0.374 e. The van der Waals surface area contributed by atoms with Gasteiger partial charge in [-0.05, 0) is 13.3 Å². The van der Waals surface area contributed by atoms with Gasteiger partial charge in [0, 0.05) is 32.7 Å². The maximum Gasteiger partial charge on any atom is 0.0826 e. The van der Waals surface area contributed by atoms with Crippen molar-refractivity contribution in [2.75, 3.05) is 39.3 Å². The second-order valence-corrected chi connectivity index (χ2v) is 4.27. The van der Waals surface area contributed by atoms with E-state index in [2.05, 4.69) is 23.2 Å². The van der Waals surface area contributed by atoms with E-state index >= 15 is 0 Å². The Kier molecular flexibility index (Phi) is 3.56. The first kappa shape index (κ1) is 10.1. The molecule has 3 nitrogen and oxygen atoms in total. The Labute approximate surface area is 86.1 Å². The minimum Gasteiger partial charge on any atom is -0.374 e. The van der Waals surface area contributed by atoms with Crippen LogP contribution < -0.4 is 5.32 Å². The molecule has 0 radical (unpaired) electrons. The molecule has 2 heterocycles. The molecule has 14 heavy (non-hydrogen) atoms. The highest BCUT2D eigenvalue weighted by molar-refractivity contribution is 5.04. The third-order valence-electron chi connectivity index (χ3n) is 2.88. The molecule has 1 fully saturated rings. The van der Waals surface area contributed by atoms with Crippen molar-refractivity contribution in [1.82, 2.24) is 10.2 Å². The van der Waals surface area contributed by atoms with Crippen LogP contribution in [-0.4, -0.2) is 50.3 Å². The molecule has 1 atom stereocenters. The molecular formula is C11H20N2O. The first-order chi connectivity index (χ1) is 6.84. The fourth-order valence-corrected chi connectivity index (χ4v) is 2.17. The molecule has 0 amide bonds. The lowest BCUT2D eigenvalue weighted by Gasteiger charge is -2.32. The first-order valence-electron chi connectivity index (χ1n) is 5.55. The summed E-state index contributed by atoms with van der Waals surface area (Å²) in [6, 6.07) is 0. The van der Waals surface area contributed by atoms with Crippen LogP contribution in [0, 0.1) is 0 Å². The minimum atomic E-state index is 0.398. The lowest BCUT2D eigenvalue weighted by atomic mass is 10.1. The smallest absolute Gasteiger partial charge is 0.0826 e. The van der Waals surface area contributed by atoms with Crippen LogP contribution in [0.25, 0.3) is 0 Å². The van der Waals surface area contributed by atoms with Gasteiger partial charge >= 0.3 is 0 Å². The molecule has 80 valence electrons. The maximum absolute atomic E-state index is 5.69. The van der Waals surface area contributed by atoms with Crippen molar-refractivity contribution in [3.63, 3.8) is 0 Å². The second kappa shape index (κ2) is 4.91. The monoisotopic (exact) mass is 196 g/mol. The molecule has 0 aliphatic carbocycles. The number of hydrogen-bond acceptors (Lipinski definition) is 3. The van der Waals surface area contributed by atoms with Crippen LogP contribution >= 0.6 is 0 Å². The standard InChI is InChI=1S/C11H20N2O/c1-10-3-2-5-13(8-10)9-11-7-12-4-6-14-11/h3,11-12H,2,4-9H2,1H3. The van der Waals surface area contributed by atoms with Gasteiger partial charge in [0.15, 0.2) is 0 Å². The molecule has 0 aromatic rings. The van der Waals surface area contributed by atoms with Crippen molar-refractivity contribution in [3.8, 4) is 0 Å². The molecule has 1 saturated heterocycles. The van der Waals surface area contributed by atoms with Gasteiger partial charge in [0.1, 0.15) is 0 Å². The van der Waals surface area contributed by atoms with Crippen molar-refractivity contribution in [2.24, 2.45) is 0 Å². The van der Waals surface area contributed by atoms with Gasteiger partial charge in [0.05, 0.1) is 12.7 Å². The summed E-state index contributed by atoms with van der Waals surface area (Å²) < 4.78 is 5.69. The summed E-state index contributed by atoms with van der Waals surface area (Å²) in [4.78, 5) is 2.49. The Morgan fingerprint density at radius 1 is 1.64 bits per heavy atom. The van der Waals surface area contributed by atoms with E-state index in [0.717, 1.165) is 32.8 Å². The molecule has 3 heteroatoms. The second-order valence-electron chi connectivity index (χ2n) is 4.27. The number of morpholine rings is 1. The van der Waals surface area contributed by atoms with Crippen LogP contribution in [0.3, 0.4) is 0 Å². The Hall–Kier alpha value is -0.380. The van der Waals surface area contributed by atoms with E-state index < -0.39 is 0 Å². The highest BCUT2D eigenvalue weighted by Gasteiger charge is 2.18. The summed E-state index contributed by atoms with van der Waals surface area (Å²) in [5, 5.41) is 3.37. The fraction of sp³-hybridized carbons (Fsp3) is 0.818. The van der Waals surface area contributed by atoms with Crippen molar-refractivity contribution in [3.05, 3.63) is 11.6 Å². The lowest BCUT2D eigenvalue weighted by molar-refractivity contribution is 0.00671. The van der Waals surface area contributed by atoms with Crippen LogP contribution in [0.5, 0.6) is 0 Å². The van der Waals surface area contributed by atoms with Crippen molar-refractivity contribution >= 4 is 0 Å². The summed E-state index contributed by atoms with van der Waals surface area (Å²) in [6.45, 7) is 8.50. The number of nitrogens with one attached hydrogen (secondary N) is 1. The molecule has 2 aliphatic rings. The molecular weight excluding hydrogens is 176 g/mol. The quantitative estimate of drug-likeness (QED) is 0.656. The molecule has 0 aromatic carbocycles. The van der Waals surface area contributed by atoms with E-state index in [0.29, 0.717) is 6.10 Å². The average Bonchev–Trinajstić information content (AvgIpc) is 2.19. The molecule has 0 spiro atoms. The van der Waals surface area contributed by atoms with Crippen LogP contribution in [0.4, 0.5) is 0 Å². The lowest BCUT2D eigenvalue weighted by Crippen LogP contribution is -2.46.